The molecule has 2 aromatic carbocycles. The first-order chi connectivity index (χ1) is 10.1. The van der Waals surface area contributed by atoms with E-state index in [9.17, 15) is 5.11 Å². The van der Waals surface area contributed by atoms with E-state index in [1.54, 1.807) is 6.08 Å². The van der Waals surface area contributed by atoms with E-state index in [2.05, 4.69) is 12.6 Å². The molecule has 21 heavy (non-hydrogen) atoms. The second kappa shape index (κ2) is 5.58. The van der Waals surface area contributed by atoms with Gasteiger partial charge in [-0.25, -0.2) is 0 Å². The standard InChI is InChI=1S/C19H18O2/c1-13-8-11-18-16(12-13)19(14(2)21-18)17(20)10-9-15-6-4-3-5-7-15/h3-12,17,19-20H,2H2,1H3/b10-9+/t17-,19+/m1/s1. The van der Waals surface area contributed by atoms with Gasteiger partial charge in [0.05, 0.1) is 12.0 Å². The van der Waals surface area contributed by atoms with Gasteiger partial charge in [-0.2, -0.15) is 0 Å². The van der Waals surface area contributed by atoms with Crippen LogP contribution in [0, 0.1) is 6.92 Å². The summed E-state index contributed by atoms with van der Waals surface area (Å²) < 4.78 is 5.66. The number of aryl methyl sites for hydroxylation is 1. The maximum absolute atomic E-state index is 10.5. The highest BCUT2D eigenvalue weighted by molar-refractivity contribution is 5.53. The second-order valence-electron chi connectivity index (χ2n) is 5.35. The Balaban J connectivity index is 1.85. The molecule has 0 aliphatic carbocycles. The highest BCUT2D eigenvalue weighted by Gasteiger charge is 2.32. The van der Waals surface area contributed by atoms with Crippen LogP contribution in [0.25, 0.3) is 6.08 Å². The lowest BCUT2D eigenvalue weighted by molar-refractivity contribution is 0.195. The molecule has 0 aromatic heterocycles. The van der Waals surface area contributed by atoms with Crippen LogP contribution in [-0.4, -0.2) is 11.2 Å². The monoisotopic (exact) mass is 278 g/mol. The zero-order chi connectivity index (χ0) is 14.8. The zero-order valence-electron chi connectivity index (χ0n) is 12.0. The number of benzene rings is 2. The molecule has 2 nitrogen and oxygen atoms in total. The highest BCUT2D eigenvalue weighted by atomic mass is 16.5. The number of aliphatic hydroxyl groups excluding tert-OH is 1. The smallest absolute Gasteiger partial charge is 0.130 e. The quantitative estimate of drug-likeness (QED) is 0.917. The molecule has 2 heteroatoms. The van der Waals surface area contributed by atoms with Gasteiger partial charge in [0, 0.05) is 5.56 Å². The van der Waals surface area contributed by atoms with Gasteiger partial charge in [-0.05, 0) is 18.6 Å². The van der Waals surface area contributed by atoms with Crippen LogP contribution < -0.4 is 4.74 Å². The van der Waals surface area contributed by atoms with Crippen LogP contribution >= 0.6 is 0 Å². The normalized spacial score (nSPS) is 18.6. The number of hydrogen-bond donors (Lipinski definition) is 1. The Morgan fingerprint density at radius 1 is 1.19 bits per heavy atom. The summed E-state index contributed by atoms with van der Waals surface area (Å²) in [7, 11) is 0. The van der Waals surface area contributed by atoms with E-state index < -0.39 is 6.10 Å². The van der Waals surface area contributed by atoms with Crippen molar-refractivity contribution in [2.45, 2.75) is 18.9 Å². The van der Waals surface area contributed by atoms with Crippen molar-refractivity contribution in [3.63, 3.8) is 0 Å². The van der Waals surface area contributed by atoms with Crippen molar-refractivity contribution >= 4 is 6.08 Å². The van der Waals surface area contributed by atoms with Gasteiger partial charge in [0.25, 0.3) is 0 Å². The maximum Gasteiger partial charge on any atom is 0.130 e. The number of fused-ring (bicyclic) bond motifs is 1. The molecule has 1 heterocycles. The van der Waals surface area contributed by atoms with Crippen LogP contribution in [0.3, 0.4) is 0 Å². The topological polar surface area (TPSA) is 29.5 Å². The van der Waals surface area contributed by atoms with E-state index in [1.165, 1.54) is 0 Å². The Morgan fingerprint density at radius 2 is 1.95 bits per heavy atom. The molecule has 0 spiro atoms. The molecule has 106 valence electrons. The maximum atomic E-state index is 10.5. The molecule has 2 aromatic rings. The second-order valence-corrected chi connectivity index (χ2v) is 5.35. The molecule has 1 aliphatic heterocycles. The van der Waals surface area contributed by atoms with Gasteiger partial charge in [-0.1, -0.05) is 66.8 Å². The van der Waals surface area contributed by atoms with Gasteiger partial charge < -0.3 is 9.84 Å². The van der Waals surface area contributed by atoms with Gasteiger partial charge >= 0.3 is 0 Å². The first-order valence-corrected chi connectivity index (χ1v) is 7.03. The van der Waals surface area contributed by atoms with E-state index in [4.69, 9.17) is 4.74 Å². The van der Waals surface area contributed by atoms with Crippen molar-refractivity contribution in [2.24, 2.45) is 0 Å². The predicted molar refractivity (Wildman–Crippen MR) is 85.2 cm³/mol. The number of aliphatic hydroxyl groups is 1. The molecular formula is C19H18O2. The van der Waals surface area contributed by atoms with Gasteiger partial charge in [0.2, 0.25) is 0 Å². The Labute approximate surface area is 125 Å². The zero-order valence-corrected chi connectivity index (χ0v) is 12.0. The minimum atomic E-state index is -0.652. The Kier molecular flexibility index (Phi) is 3.63. The van der Waals surface area contributed by atoms with Gasteiger partial charge in [0.1, 0.15) is 11.5 Å². The van der Waals surface area contributed by atoms with Crippen molar-refractivity contribution in [1.82, 2.24) is 0 Å². The first kappa shape index (κ1) is 13.7. The minimum absolute atomic E-state index is 0.208. The van der Waals surface area contributed by atoms with E-state index in [0.717, 1.165) is 22.4 Å². The molecule has 0 saturated heterocycles. The highest BCUT2D eigenvalue weighted by Crippen LogP contribution is 2.42. The van der Waals surface area contributed by atoms with Crippen LogP contribution in [0.1, 0.15) is 22.6 Å². The van der Waals surface area contributed by atoms with Gasteiger partial charge in [-0.3, -0.25) is 0 Å². The molecule has 1 aliphatic rings. The molecule has 3 rings (SSSR count). The third-order valence-electron chi connectivity index (χ3n) is 3.72. The van der Waals surface area contributed by atoms with E-state index in [1.807, 2.05) is 55.5 Å². The lowest BCUT2D eigenvalue weighted by Crippen LogP contribution is -2.15. The van der Waals surface area contributed by atoms with Gasteiger partial charge in [-0.15, -0.1) is 0 Å². The Hall–Kier alpha value is -2.32. The van der Waals surface area contributed by atoms with Crippen molar-refractivity contribution < 1.29 is 9.84 Å². The number of rotatable bonds is 3. The summed E-state index contributed by atoms with van der Waals surface area (Å²) in [6.07, 6.45) is 3.07. The van der Waals surface area contributed by atoms with Crippen LogP contribution in [0.15, 0.2) is 66.9 Å². The Bertz CT molecular complexity index is 686. The fourth-order valence-electron chi connectivity index (χ4n) is 2.64. The largest absolute Gasteiger partial charge is 0.461 e. The molecular weight excluding hydrogens is 260 g/mol. The van der Waals surface area contributed by atoms with Crippen LogP contribution in [0.4, 0.5) is 0 Å². The summed E-state index contributed by atoms with van der Waals surface area (Å²) >= 11 is 0. The summed E-state index contributed by atoms with van der Waals surface area (Å²) in [6, 6.07) is 15.9. The molecule has 0 amide bonds. The average Bonchev–Trinajstić information content (AvgIpc) is 2.81. The summed E-state index contributed by atoms with van der Waals surface area (Å²) in [5.74, 6) is 1.18. The van der Waals surface area contributed by atoms with Gasteiger partial charge in [0.15, 0.2) is 0 Å². The SMILES string of the molecule is C=C1Oc2ccc(C)cc2[C@H]1[C@H](O)/C=C/c1ccccc1. The van der Waals surface area contributed by atoms with Crippen LogP contribution in [0.5, 0.6) is 5.75 Å². The third-order valence-corrected chi connectivity index (χ3v) is 3.72. The molecule has 0 saturated carbocycles. The van der Waals surface area contributed by atoms with E-state index in [-0.39, 0.29) is 5.92 Å². The summed E-state index contributed by atoms with van der Waals surface area (Å²) in [4.78, 5) is 0. The molecule has 1 N–H and O–H groups in total. The van der Waals surface area contributed by atoms with Crippen molar-refractivity contribution in [3.8, 4) is 5.75 Å². The fourth-order valence-corrected chi connectivity index (χ4v) is 2.64. The van der Waals surface area contributed by atoms with Crippen LogP contribution in [0.2, 0.25) is 0 Å². The van der Waals surface area contributed by atoms with Crippen molar-refractivity contribution in [1.29, 1.82) is 0 Å². The molecule has 0 bridgehead atoms. The third kappa shape index (κ3) is 2.76. The summed E-state index contributed by atoms with van der Waals surface area (Å²) in [6.45, 7) is 5.97. The fraction of sp³-hybridized carbons (Fsp3) is 0.158. The van der Waals surface area contributed by atoms with Crippen molar-refractivity contribution in [3.05, 3.63) is 83.6 Å². The Morgan fingerprint density at radius 3 is 2.71 bits per heavy atom. The predicted octanol–water partition coefficient (Wildman–Crippen LogP) is 4.06. The molecule has 0 radical (unpaired) electrons. The number of ether oxygens (including phenoxy) is 1. The lowest BCUT2D eigenvalue weighted by atomic mass is 9.92. The van der Waals surface area contributed by atoms with E-state index in [0.29, 0.717) is 5.76 Å². The van der Waals surface area contributed by atoms with Crippen molar-refractivity contribution in [2.75, 3.05) is 0 Å². The summed E-state index contributed by atoms with van der Waals surface area (Å²) in [5, 5.41) is 10.5. The van der Waals surface area contributed by atoms with E-state index >= 15 is 0 Å². The van der Waals surface area contributed by atoms with Crippen LogP contribution in [-0.2, 0) is 0 Å². The number of hydrogen-bond acceptors (Lipinski definition) is 2. The lowest BCUT2D eigenvalue weighted by Gasteiger charge is -2.14. The first-order valence-electron chi connectivity index (χ1n) is 7.03. The average molecular weight is 278 g/mol. The molecule has 0 fully saturated rings. The summed E-state index contributed by atoms with van der Waals surface area (Å²) in [5.41, 5.74) is 3.21. The molecule has 2 atom stereocenters. The minimum Gasteiger partial charge on any atom is -0.461 e. The molecule has 0 unspecified atom stereocenters.